The Morgan fingerprint density at radius 1 is 1.09 bits per heavy atom. The lowest BCUT2D eigenvalue weighted by molar-refractivity contribution is -0.140. The number of sulfonamides is 1. The highest BCUT2D eigenvalue weighted by molar-refractivity contribution is 7.92. The maximum Gasteiger partial charge on any atom is 0.244 e. The first-order valence-electron chi connectivity index (χ1n) is 11.0. The van der Waals surface area contributed by atoms with E-state index in [0.29, 0.717) is 27.8 Å². The highest BCUT2D eigenvalue weighted by Crippen LogP contribution is 2.26. The summed E-state index contributed by atoms with van der Waals surface area (Å²) in [4.78, 5) is 28.0. The number of hydrogen-bond donors (Lipinski definition) is 1. The lowest BCUT2D eigenvalue weighted by Gasteiger charge is -2.33. The van der Waals surface area contributed by atoms with Crippen LogP contribution in [0.5, 0.6) is 5.75 Å². The molecule has 2 rings (SSSR count). The number of benzene rings is 2. The topological polar surface area (TPSA) is 96.0 Å². The monoisotopic (exact) mass is 543 g/mol. The lowest BCUT2D eigenvalue weighted by Crippen LogP contribution is -2.53. The van der Waals surface area contributed by atoms with Gasteiger partial charge in [-0.25, -0.2) is 8.42 Å². The van der Waals surface area contributed by atoms with Crippen molar-refractivity contribution >= 4 is 50.7 Å². The van der Waals surface area contributed by atoms with Crippen LogP contribution in [0, 0.1) is 0 Å². The zero-order valence-electron chi connectivity index (χ0n) is 20.4. The number of anilines is 1. The summed E-state index contributed by atoms with van der Waals surface area (Å²) in [5, 5.41) is 3.51. The Bertz CT molecular complexity index is 1160. The van der Waals surface area contributed by atoms with Crippen molar-refractivity contribution in [1.29, 1.82) is 0 Å². The number of rotatable bonds is 11. The van der Waals surface area contributed by atoms with Crippen LogP contribution in [0.4, 0.5) is 5.69 Å². The van der Waals surface area contributed by atoms with Crippen LogP contribution in [0.2, 0.25) is 10.0 Å². The number of carbonyl (C=O) groups is 2. The highest BCUT2D eigenvalue weighted by atomic mass is 35.5. The van der Waals surface area contributed by atoms with Crippen molar-refractivity contribution < 1.29 is 22.7 Å². The molecule has 0 saturated heterocycles. The van der Waals surface area contributed by atoms with E-state index in [0.717, 1.165) is 10.6 Å². The van der Waals surface area contributed by atoms with E-state index < -0.39 is 28.5 Å². The fraction of sp³-hybridized carbons (Fsp3) is 0.417. The van der Waals surface area contributed by atoms with Gasteiger partial charge in [0.1, 0.15) is 18.3 Å². The fourth-order valence-electron chi connectivity index (χ4n) is 3.51. The van der Waals surface area contributed by atoms with Crippen molar-refractivity contribution in [2.24, 2.45) is 0 Å². The van der Waals surface area contributed by atoms with Gasteiger partial charge in [0.25, 0.3) is 0 Å². The van der Waals surface area contributed by atoms with Crippen LogP contribution in [0.15, 0.2) is 42.5 Å². The first-order valence-corrected chi connectivity index (χ1v) is 13.6. The third kappa shape index (κ3) is 8.02. The van der Waals surface area contributed by atoms with Gasteiger partial charge in [0.05, 0.1) is 29.1 Å². The van der Waals surface area contributed by atoms with Gasteiger partial charge in [-0.2, -0.15) is 0 Å². The van der Waals surface area contributed by atoms with Gasteiger partial charge in [-0.3, -0.25) is 13.9 Å². The SMILES string of the molecule is CC[C@H](C(=O)NC(C)C)N(Cc1ccc(Cl)c(Cl)c1)C(=O)CN(c1cccc(OC)c1)S(C)(=O)=O. The Morgan fingerprint density at radius 3 is 2.31 bits per heavy atom. The molecule has 1 atom stereocenters. The van der Waals surface area contributed by atoms with E-state index in [9.17, 15) is 18.0 Å². The van der Waals surface area contributed by atoms with E-state index in [1.54, 1.807) is 43.3 Å². The summed E-state index contributed by atoms with van der Waals surface area (Å²) in [6.45, 7) is 4.97. The zero-order valence-corrected chi connectivity index (χ0v) is 22.7. The van der Waals surface area contributed by atoms with Crippen LogP contribution in [0.1, 0.15) is 32.8 Å². The fourth-order valence-corrected chi connectivity index (χ4v) is 4.68. The van der Waals surface area contributed by atoms with E-state index in [-0.39, 0.29) is 24.2 Å². The molecule has 2 amide bonds. The molecule has 0 radical (unpaired) electrons. The van der Waals surface area contributed by atoms with Crippen molar-refractivity contribution in [3.8, 4) is 5.75 Å². The number of ether oxygens (including phenoxy) is 1. The smallest absolute Gasteiger partial charge is 0.244 e. The summed E-state index contributed by atoms with van der Waals surface area (Å²) in [5.41, 5.74) is 0.921. The molecular weight excluding hydrogens is 513 g/mol. The largest absolute Gasteiger partial charge is 0.497 e. The second-order valence-electron chi connectivity index (χ2n) is 8.33. The maximum atomic E-state index is 13.6. The molecule has 0 aliphatic rings. The summed E-state index contributed by atoms with van der Waals surface area (Å²) < 4.78 is 31.5. The standard InChI is InChI=1S/C24H31Cl2N3O5S/c1-6-22(24(31)27-16(2)3)28(14-17-10-11-20(25)21(26)12-17)23(30)15-29(35(5,32)33)18-8-7-9-19(13-18)34-4/h7-13,16,22H,6,14-15H2,1-5H3,(H,27,31)/t22-/m1/s1. The van der Waals surface area contributed by atoms with Gasteiger partial charge in [0, 0.05) is 18.7 Å². The molecule has 8 nitrogen and oxygen atoms in total. The molecule has 0 aromatic heterocycles. The summed E-state index contributed by atoms with van der Waals surface area (Å²) >= 11 is 12.2. The highest BCUT2D eigenvalue weighted by Gasteiger charge is 2.32. The predicted octanol–water partition coefficient (Wildman–Crippen LogP) is 4.10. The predicted molar refractivity (Wildman–Crippen MR) is 140 cm³/mol. The van der Waals surface area contributed by atoms with Crippen molar-refractivity contribution in [3.05, 3.63) is 58.1 Å². The van der Waals surface area contributed by atoms with Gasteiger partial charge >= 0.3 is 0 Å². The van der Waals surface area contributed by atoms with E-state index in [1.807, 2.05) is 13.8 Å². The van der Waals surface area contributed by atoms with Crippen LogP contribution < -0.4 is 14.4 Å². The molecule has 11 heteroatoms. The van der Waals surface area contributed by atoms with E-state index >= 15 is 0 Å². The number of hydrogen-bond acceptors (Lipinski definition) is 5. The third-order valence-corrected chi connectivity index (χ3v) is 7.05. The number of nitrogens with zero attached hydrogens (tertiary/aromatic N) is 2. The van der Waals surface area contributed by atoms with Crippen LogP contribution in [-0.4, -0.2) is 57.1 Å². The number of methoxy groups -OCH3 is 1. The molecule has 0 spiro atoms. The molecule has 0 saturated carbocycles. The van der Waals surface area contributed by atoms with Crippen LogP contribution >= 0.6 is 23.2 Å². The number of nitrogens with one attached hydrogen (secondary N) is 1. The summed E-state index contributed by atoms with van der Waals surface area (Å²) in [6, 6.07) is 10.4. The molecular formula is C24H31Cl2N3O5S. The van der Waals surface area contributed by atoms with E-state index in [4.69, 9.17) is 27.9 Å². The maximum absolute atomic E-state index is 13.6. The Kier molecular flexibility index (Phi) is 10.2. The Balaban J connectivity index is 2.47. The molecule has 0 bridgehead atoms. The number of carbonyl (C=O) groups excluding carboxylic acids is 2. The normalized spacial score (nSPS) is 12.2. The Morgan fingerprint density at radius 2 is 1.77 bits per heavy atom. The Labute approximate surface area is 217 Å². The molecule has 35 heavy (non-hydrogen) atoms. The van der Waals surface area contributed by atoms with Crippen molar-refractivity contribution in [1.82, 2.24) is 10.2 Å². The van der Waals surface area contributed by atoms with Crippen LogP contribution in [-0.2, 0) is 26.2 Å². The second kappa shape index (κ2) is 12.5. The molecule has 0 heterocycles. The van der Waals surface area contributed by atoms with Gasteiger partial charge < -0.3 is 15.0 Å². The number of halogens is 2. The van der Waals surface area contributed by atoms with Gasteiger partial charge in [0.2, 0.25) is 21.8 Å². The van der Waals surface area contributed by atoms with Crippen LogP contribution in [0.3, 0.4) is 0 Å². The Hall–Kier alpha value is -2.49. The zero-order chi connectivity index (χ0) is 26.3. The first-order chi connectivity index (χ1) is 16.4. The van der Waals surface area contributed by atoms with Gasteiger partial charge in [-0.05, 0) is 50.1 Å². The summed E-state index contributed by atoms with van der Waals surface area (Å²) in [6.07, 6.45) is 1.34. The van der Waals surface area contributed by atoms with Crippen LogP contribution in [0.25, 0.3) is 0 Å². The lowest BCUT2D eigenvalue weighted by atomic mass is 10.1. The van der Waals surface area contributed by atoms with Gasteiger partial charge in [-0.15, -0.1) is 0 Å². The molecule has 192 valence electrons. The van der Waals surface area contributed by atoms with Gasteiger partial charge in [0.15, 0.2) is 0 Å². The minimum atomic E-state index is -3.84. The minimum absolute atomic E-state index is 0.0372. The van der Waals surface area contributed by atoms with Crippen molar-refractivity contribution in [3.63, 3.8) is 0 Å². The summed E-state index contributed by atoms with van der Waals surface area (Å²) in [5.74, 6) is -0.433. The van der Waals surface area contributed by atoms with Crippen molar-refractivity contribution in [2.45, 2.75) is 45.8 Å². The van der Waals surface area contributed by atoms with E-state index in [2.05, 4.69) is 5.32 Å². The molecule has 1 N–H and O–H groups in total. The third-order valence-electron chi connectivity index (χ3n) is 5.17. The second-order valence-corrected chi connectivity index (χ2v) is 11.0. The average molecular weight is 545 g/mol. The average Bonchev–Trinajstić information content (AvgIpc) is 2.78. The van der Waals surface area contributed by atoms with E-state index in [1.165, 1.54) is 18.1 Å². The molecule has 0 aliphatic heterocycles. The summed E-state index contributed by atoms with van der Waals surface area (Å²) in [7, 11) is -2.37. The van der Waals surface area contributed by atoms with Crippen molar-refractivity contribution in [2.75, 3.05) is 24.2 Å². The molecule has 2 aromatic carbocycles. The first kappa shape index (κ1) is 28.7. The molecule has 0 fully saturated rings. The minimum Gasteiger partial charge on any atom is -0.497 e. The quantitative estimate of drug-likeness (QED) is 0.460. The molecule has 0 unspecified atom stereocenters. The van der Waals surface area contributed by atoms with Gasteiger partial charge in [-0.1, -0.05) is 42.3 Å². The molecule has 2 aromatic rings. The number of amides is 2. The molecule has 0 aliphatic carbocycles.